The van der Waals surface area contributed by atoms with Gasteiger partial charge in [0.2, 0.25) is 5.91 Å². The van der Waals surface area contributed by atoms with Crippen LogP contribution in [0.5, 0.6) is 0 Å². The molecule has 0 spiro atoms. The Morgan fingerprint density at radius 2 is 2.12 bits per heavy atom. The summed E-state index contributed by atoms with van der Waals surface area (Å²) < 4.78 is 16.0. The third kappa shape index (κ3) is 4.14. The molecule has 1 aliphatic rings. The van der Waals surface area contributed by atoms with Crippen molar-refractivity contribution < 1.29 is 9.18 Å². The van der Waals surface area contributed by atoms with E-state index in [9.17, 15) is 9.18 Å². The van der Waals surface area contributed by atoms with Gasteiger partial charge in [-0.1, -0.05) is 37.7 Å². The third-order valence-electron chi connectivity index (χ3n) is 3.65. The lowest BCUT2D eigenvalue weighted by Crippen LogP contribution is -2.27. The van der Waals surface area contributed by atoms with Crippen LogP contribution in [-0.2, 0) is 11.3 Å². The van der Waals surface area contributed by atoms with Crippen LogP contribution < -0.4 is 5.32 Å². The second-order valence-electron chi connectivity index (χ2n) is 6.42. The van der Waals surface area contributed by atoms with Gasteiger partial charge >= 0.3 is 0 Å². The molecule has 0 radical (unpaired) electrons. The summed E-state index contributed by atoms with van der Waals surface area (Å²) in [5.74, 6) is 0.842. The van der Waals surface area contributed by atoms with Crippen molar-refractivity contribution in [2.45, 2.75) is 44.4 Å². The molecular weight excluding hydrogens is 327 g/mol. The molecule has 1 aromatic carbocycles. The first-order chi connectivity index (χ1) is 11.5. The summed E-state index contributed by atoms with van der Waals surface area (Å²) in [5, 5.41) is 12.0. The van der Waals surface area contributed by atoms with Crippen LogP contribution in [0, 0.1) is 11.7 Å². The molecular formula is C17H21FN4OS. The Bertz CT molecular complexity index is 727. The lowest BCUT2D eigenvalue weighted by atomic mass is 10.2. The molecule has 7 heteroatoms. The number of nitrogens with zero attached hydrogens (tertiary/aromatic N) is 3. The van der Waals surface area contributed by atoms with E-state index in [0.29, 0.717) is 40.8 Å². The molecule has 1 N–H and O–H groups in total. The molecule has 0 unspecified atom stereocenters. The highest BCUT2D eigenvalue weighted by molar-refractivity contribution is 7.99. The minimum absolute atomic E-state index is 0.00837. The van der Waals surface area contributed by atoms with E-state index in [1.807, 2.05) is 4.57 Å². The van der Waals surface area contributed by atoms with E-state index in [2.05, 4.69) is 29.4 Å². The number of benzene rings is 1. The van der Waals surface area contributed by atoms with Gasteiger partial charge in [0.05, 0.1) is 11.3 Å². The molecule has 0 atom stereocenters. The molecule has 1 heterocycles. The predicted molar refractivity (Wildman–Crippen MR) is 92.1 cm³/mol. The van der Waals surface area contributed by atoms with E-state index in [0.717, 1.165) is 12.8 Å². The highest BCUT2D eigenvalue weighted by Gasteiger charge is 2.24. The lowest BCUT2D eigenvalue weighted by molar-refractivity contribution is -0.118. The molecule has 0 saturated heterocycles. The number of hydrogen-bond donors (Lipinski definition) is 1. The summed E-state index contributed by atoms with van der Waals surface area (Å²) in [5.41, 5.74) is 0.430. The van der Waals surface area contributed by atoms with Gasteiger partial charge in [-0.2, -0.15) is 0 Å². The van der Waals surface area contributed by atoms with E-state index >= 15 is 0 Å². The Labute approximate surface area is 145 Å². The smallest absolute Gasteiger partial charge is 0.230 e. The van der Waals surface area contributed by atoms with Gasteiger partial charge in [0.1, 0.15) is 5.82 Å². The van der Waals surface area contributed by atoms with Crippen LogP contribution in [-0.4, -0.2) is 32.5 Å². The fraction of sp³-hybridized carbons (Fsp3) is 0.471. The summed E-state index contributed by atoms with van der Waals surface area (Å²) in [6, 6.07) is 6.90. The molecule has 3 rings (SSSR count). The van der Waals surface area contributed by atoms with Crippen molar-refractivity contribution in [2.75, 3.05) is 5.75 Å². The fourth-order valence-corrected chi connectivity index (χ4v) is 3.15. The zero-order chi connectivity index (χ0) is 17.1. The average molecular weight is 348 g/mol. The summed E-state index contributed by atoms with van der Waals surface area (Å²) in [6.07, 6.45) is 2.13. The molecule has 128 valence electrons. The topological polar surface area (TPSA) is 59.8 Å². The van der Waals surface area contributed by atoms with Crippen molar-refractivity contribution in [1.82, 2.24) is 20.1 Å². The number of halogens is 1. The van der Waals surface area contributed by atoms with Gasteiger partial charge in [-0.3, -0.25) is 4.79 Å². The summed E-state index contributed by atoms with van der Waals surface area (Å²) in [6.45, 7) is 4.84. The normalized spacial score (nSPS) is 14.2. The van der Waals surface area contributed by atoms with E-state index in [1.54, 1.807) is 18.2 Å². The highest BCUT2D eigenvalue weighted by atomic mass is 32.2. The number of nitrogens with one attached hydrogen (secondary N) is 1. The van der Waals surface area contributed by atoms with Gasteiger partial charge < -0.3 is 9.88 Å². The minimum atomic E-state index is -0.321. The van der Waals surface area contributed by atoms with E-state index in [1.165, 1.54) is 17.8 Å². The fourth-order valence-electron chi connectivity index (χ4n) is 2.39. The first-order valence-electron chi connectivity index (χ1n) is 8.15. The molecule has 1 aromatic heterocycles. The number of amides is 1. The molecule has 24 heavy (non-hydrogen) atoms. The second kappa shape index (κ2) is 7.34. The van der Waals surface area contributed by atoms with Crippen LogP contribution in [0.2, 0.25) is 0 Å². The maximum Gasteiger partial charge on any atom is 0.230 e. The largest absolute Gasteiger partial charge is 0.353 e. The zero-order valence-corrected chi connectivity index (χ0v) is 14.6. The molecule has 1 amide bonds. The van der Waals surface area contributed by atoms with Gasteiger partial charge in [0.25, 0.3) is 0 Å². The van der Waals surface area contributed by atoms with Gasteiger partial charge in [0, 0.05) is 12.6 Å². The standard InChI is InChI=1S/C17H21FN4OS/c1-11(2)9-22-16(13-5-3-4-6-14(13)18)20-21-17(22)24-10-15(23)19-12-7-8-12/h3-6,11-12H,7-10H2,1-2H3,(H,19,23). The second-order valence-corrected chi connectivity index (χ2v) is 7.36. The van der Waals surface area contributed by atoms with Crippen molar-refractivity contribution in [3.63, 3.8) is 0 Å². The Morgan fingerprint density at radius 1 is 1.38 bits per heavy atom. The van der Waals surface area contributed by atoms with Crippen molar-refractivity contribution in [3.05, 3.63) is 30.1 Å². The molecule has 5 nitrogen and oxygen atoms in total. The molecule has 1 aliphatic carbocycles. The Kier molecular flexibility index (Phi) is 5.18. The lowest BCUT2D eigenvalue weighted by Gasteiger charge is -2.12. The molecule has 0 bridgehead atoms. The number of thioether (sulfide) groups is 1. The molecule has 0 aliphatic heterocycles. The third-order valence-corrected chi connectivity index (χ3v) is 4.62. The first kappa shape index (κ1) is 17.0. The predicted octanol–water partition coefficient (Wildman–Crippen LogP) is 3.11. The van der Waals surface area contributed by atoms with Gasteiger partial charge in [-0.25, -0.2) is 4.39 Å². The van der Waals surface area contributed by atoms with Crippen LogP contribution in [0.15, 0.2) is 29.4 Å². The summed E-state index contributed by atoms with van der Waals surface area (Å²) in [4.78, 5) is 11.9. The monoisotopic (exact) mass is 348 g/mol. The van der Waals surface area contributed by atoms with Crippen molar-refractivity contribution in [3.8, 4) is 11.4 Å². The number of carbonyl (C=O) groups excluding carboxylic acids is 1. The van der Waals surface area contributed by atoms with Crippen LogP contribution in [0.4, 0.5) is 4.39 Å². The maximum absolute atomic E-state index is 14.1. The van der Waals surface area contributed by atoms with E-state index in [-0.39, 0.29) is 11.7 Å². The zero-order valence-electron chi connectivity index (χ0n) is 13.8. The minimum Gasteiger partial charge on any atom is -0.353 e. The number of aromatic nitrogens is 3. The number of rotatable bonds is 7. The highest BCUT2D eigenvalue weighted by Crippen LogP contribution is 2.27. The maximum atomic E-state index is 14.1. The first-order valence-corrected chi connectivity index (χ1v) is 9.13. The van der Waals surface area contributed by atoms with Crippen LogP contribution in [0.25, 0.3) is 11.4 Å². The summed E-state index contributed by atoms with van der Waals surface area (Å²) in [7, 11) is 0. The Morgan fingerprint density at radius 3 is 2.79 bits per heavy atom. The average Bonchev–Trinajstić information content (AvgIpc) is 3.26. The quantitative estimate of drug-likeness (QED) is 0.781. The van der Waals surface area contributed by atoms with Crippen molar-refractivity contribution in [2.24, 2.45) is 5.92 Å². The van der Waals surface area contributed by atoms with Crippen LogP contribution in [0.3, 0.4) is 0 Å². The SMILES string of the molecule is CC(C)Cn1c(SCC(=O)NC2CC2)nnc1-c1ccccc1F. The number of hydrogen-bond acceptors (Lipinski definition) is 4. The van der Waals surface area contributed by atoms with Gasteiger partial charge in [-0.05, 0) is 30.9 Å². The summed E-state index contributed by atoms with van der Waals surface area (Å²) >= 11 is 1.34. The van der Waals surface area contributed by atoms with Crippen LogP contribution in [0.1, 0.15) is 26.7 Å². The van der Waals surface area contributed by atoms with Crippen molar-refractivity contribution in [1.29, 1.82) is 0 Å². The van der Waals surface area contributed by atoms with Crippen molar-refractivity contribution >= 4 is 17.7 Å². The Balaban J connectivity index is 1.80. The Hall–Kier alpha value is -1.89. The molecule has 1 saturated carbocycles. The van der Waals surface area contributed by atoms with Gasteiger partial charge in [-0.15, -0.1) is 10.2 Å². The molecule has 1 fully saturated rings. The van der Waals surface area contributed by atoms with E-state index in [4.69, 9.17) is 0 Å². The number of carbonyl (C=O) groups is 1. The van der Waals surface area contributed by atoms with E-state index < -0.39 is 0 Å². The molecule has 2 aromatic rings. The van der Waals surface area contributed by atoms with Crippen LogP contribution >= 0.6 is 11.8 Å². The van der Waals surface area contributed by atoms with Gasteiger partial charge in [0.15, 0.2) is 11.0 Å².